The van der Waals surface area contributed by atoms with Crippen LogP contribution in [0.25, 0.3) is 0 Å². The summed E-state index contributed by atoms with van der Waals surface area (Å²) in [5.74, 6) is 0.316. The van der Waals surface area contributed by atoms with Crippen LogP contribution in [-0.2, 0) is 11.3 Å². The molecule has 90 valence electrons. The monoisotopic (exact) mass is 223 g/mol. The van der Waals surface area contributed by atoms with Crippen LogP contribution in [-0.4, -0.2) is 24.9 Å². The van der Waals surface area contributed by atoms with Gasteiger partial charge < -0.3 is 15.2 Å². The molecule has 3 heteroatoms. The number of hydrogen-bond donors (Lipinski definition) is 2. The zero-order chi connectivity index (χ0) is 11.6. The Morgan fingerprint density at radius 3 is 2.62 bits per heavy atom. The van der Waals surface area contributed by atoms with Crippen LogP contribution in [0.4, 0.5) is 0 Å². The molecular weight excluding hydrogens is 202 g/mol. The quantitative estimate of drug-likeness (QED) is 0.664. The van der Waals surface area contributed by atoms with Gasteiger partial charge in [-0.2, -0.15) is 0 Å². The van der Waals surface area contributed by atoms with Crippen LogP contribution in [0.1, 0.15) is 25.3 Å². The molecule has 16 heavy (non-hydrogen) atoms. The Hall–Kier alpha value is -1.06. The molecule has 2 N–H and O–H groups in total. The maximum absolute atomic E-state index is 9.11. The molecule has 0 saturated carbocycles. The third-order valence-electron chi connectivity index (χ3n) is 2.26. The molecule has 1 rings (SSSR count). The molecule has 1 aromatic carbocycles. The maximum atomic E-state index is 9.11. The summed E-state index contributed by atoms with van der Waals surface area (Å²) < 4.78 is 5.38. The molecule has 0 atom stereocenters. The molecule has 0 amide bonds. The lowest BCUT2D eigenvalue weighted by atomic mass is 10.2. The average molecular weight is 223 g/mol. The third-order valence-corrected chi connectivity index (χ3v) is 2.26. The van der Waals surface area contributed by atoms with E-state index >= 15 is 0 Å². The van der Waals surface area contributed by atoms with E-state index in [-0.39, 0.29) is 0 Å². The first-order chi connectivity index (χ1) is 7.83. The maximum Gasteiger partial charge on any atom is 0.115 e. The summed E-state index contributed by atoms with van der Waals surface area (Å²) in [4.78, 5) is 0. The molecule has 0 fully saturated rings. The lowest BCUT2D eigenvalue weighted by Gasteiger charge is -2.05. The number of benzene rings is 1. The highest BCUT2D eigenvalue weighted by Crippen LogP contribution is 2.08. The van der Waals surface area contributed by atoms with Crippen molar-refractivity contribution >= 4 is 0 Å². The molecule has 0 unspecified atom stereocenters. The molecule has 0 bridgehead atoms. The van der Waals surface area contributed by atoms with Gasteiger partial charge in [0.1, 0.15) is 5.75 Å². The van der Waals surface area contributed by atoms with Gasteiger partial charge in [-0.3, -0.25) is 0 Å². The molecule has 0 aliphatic carbocycles. The van der Waals surface area contributed by atoms with E-state index in [2.05, 4.69) is 12.2 Å². The second-order valence-electron chi connectivity index (χ2n) is 3.81. The van der Waals surface area contributed by atoms with Gasteiger partial charge in [0.05, 0.1) is 0 Å². The van der Waals surface area contributed by atoms with Crippen LogP contribution in [0.15, 0.2) is 24.3 Å². The zero-order valence-electron chi connectivity index (χ0n) is 9.91. The topological polar surface area (TPSA) is 41.5 Å². The predicted molar refractivity (Wildman–Crippen MR) is 65.5 cm³/mol. The van der Waals surface area contributed by atoms with E-state index in [9.17, 15) is 0 Å². The van der Waals surface area contributed by atoms with Gasteiger partial charge in [0, 0.05) is 19.8 Å². The van der Waals surface area contributed by atoms with Gasteiger partial charge in [0.2, 0.25) is 0 Å². The van der Waals surface area contributed by atoms with E-state index in [1.165, 1.54) is 5.56 Å². The van der Waals surface area contributed by atoms with E-state index in [1.807, 2.05) is 12.1 Å². The summed E-state index contributed by atoms with van der Waals surface area (Å²) in [5.41, 5.74) is 1.19. The normalized spacial score (nSPS) is 10.6. The summed E-state index contributed by atoms with van der Waals surface area (Å²) in [6.45, 7) is 5.61. The number of aromatic hydroxyl groups is 1. The third kappa shape index (κ3) is 5.73. The van der Waals surface area contributed by atoms with E-state index in [0.29, 0.717) is 5.75 Å². The van der Waals surface area contributed by atoms with Gasteiger partial charge in [-0.1, -0.05) is 19.1 Å². The zero-order valence-corrected chi connectivity index (χ0v) is 9.91. The summed E-state index contributed by atoms with van der Waals surface area (Å²) in [5, 5.41) is 12.4. The molecule has 0 spiro atoms. The Morgan fingerprint density at radius 2 is 1.94 bits per heavy atom. The van der Waals surface area contributed by atoms with Crippen molar-refractivity contribution in [3.63, 3.8) is 0 Å². The number of rotatable bonds is 8. The van der Waals surface area contributed by atoms with Crippen molar-refractivity contribution in [2.45, 2.75) is 26.3 Å². The Morgan fingerprint density at radius 1 is 1.19 bits per heavy atom. The lowest BCUT2D eigenvalue weighted by Crippen LogP contribution is -2.16. The van der Waals surface area contributed by atoms with Crippen LogP contribution in [0.5, 0.6) is 5.75 Å². The first-order valence-corrected chi connectivity index (χ1v) is 5.89. The second kappa shape index (κ2) is 8.13. The average Bonchev–Trinajstić information content (AvgIpc) is 2.30. The van der Waals surface area contributed by atoms with E-state index in [1.54, 1.807) is 12.1 Å². The van der Waals surface area contributed by atoms with Crippen molar-refractivity contribution in [3.05, 3.63) is 29.8 Å². The highest BCUT2D eigenvalue weighted by molar-refractivity contribution is 5.25. The first-order valence-electron chi connectivity index (χ1n) is 5.89. The Labute approximate surface area is 97.4 Å². The Bertz CT molecular complexity index is 272. The van der Waals surface area contributed by atoms with Gasteiger partial charge in [0.15, 0.2) is 0 Å². The molecule has 0 saturated heterocycles. The Kier molecular flexibility index (Phi) is 6.61. The van der Waals surface area contributed by atoms with Crippen LogP contribution < -0.4 is 5.32 Å². The van der Waals surface area contributed by atoms with Gasteiger partial charge in [0.25, 0.3) is 0 Å². The largest absolute Gasteiger partial charge is 0.508 e. The van der Waals surface area contributed by atoms with Gasteiger partial charge in [-0.05, 0) is 37.1 Å². The molecule has 0 aliphatic rings. The fraction of sp³-hybridized carbons (Fsp3) is 0.538. The minimum atomic E-state index is 0.316. The smallest absolute Gasteiger partial charge is 0.115 e. The summed E-state index contributed by atoms with van der Waals surface area (Å²) in [7, 11) is 0. The Balaban J connectivity index is 2.01. The fourth-order valence-electron chi connectivity index (χ4n) is 1.39. The van der Waals surface area contributed by atoms with Crippen LogP contribution in [0.3, 0.4) is 0 Å². The SMILES string of the molecule is CCCOCCCNCc1ccc(O)cc1. The van der Waals surface area contributed by atoms with Crippen molar-refractivity contribution in [2.75, 3.05) is 19.8 Å². The minimum absolute atomic E-state index is 0.316. The van der Waals surface area contributed by atoms with Crippen LogP contribution in [0, 0.1) is 0 Å². The van der Waals surface area contributed by atoms with Gasteiger partial charge in [-0.15, -0.1) is 0 Å². The number of phenolic OH excluding ortho intramolecular Hbond substituents is 1. The van der Waals surface area contributed by atoms with Gasteiger partial charge >= 0.3 is 0 Å². The van der Waals surface area contributed by atoms with Crippen LogP contribution >= 0.6 is 0 Å². The summed E-state index contributed by atoms with van der Waals surface area (Å²) in [6.07, 6.45) is 2.12. The van der Waals surface area contributed by atoms with Crippen molar-refractivity contribution < 1.29 is 9.84 Å². The lowest BCUT2D eigenvalue weighted by molar-refractivity contribution is 0.132. The highest BCUT2D eigenvalue weighted by Gasteiger charge is 1.93. The molecule has 0 aromatic heterocycles. The number of hydrogen-bond acceptors (Lipinski definition) is 3. The van der Waals surface area contributed by atoms with E-state index in [4.69, 9.17) is 9.84 Å². The molecule has 3 nitrogen and oxygen atoms in total. The van der Waals surface area contributed by atoms with Gasteiger partial charge in [-0.25, -0.2) is 0 Å². The number of phenols is 1. The molecule has 0 heterocycles. The number of ether oxygens (including phenoxy) is 1. The van der Waals surface area contributed by atoms with E-state index < -0.39 is 0 Å². The van der Waals surface area contributed by atoms with Crippen molar-refractivity contribution in [1.82, 2.24) is 5.32 Å². The summed E-state index contributed by atoms with van der Waals surface area (Å²) in [6, 6.07) is 7.27. The van der Waals surface area contributed by atoms with E-state index in [0.717, 1.165) is 39.1 Å². The molecule has 0 radical (unpaired) electrons. The minimum Gasteiger partial charge on any atom is -0.508 e. The van der Waals surface area contributed by atoms with Crippen molar-refractivity contribution in [2.24, 2.45) is 0 Å². The second-order valence-corrected chi connectivity index (χ2v) is 3.81. The number of nitrogens with one attached hydrogen (secondary N) is 1. The standard InChI is InChI=1S/C13H21NO2/c1-2-9-16-10-3-8-14-11-12-4-6-13(15)7-5-12/h4-7,14-15H,2-3,8-11H2,1H3. The molecular formula is C13H21NO2. The van der Waals surface area contributed by atoms with Crippen LogP contribution in [0.2, 0.25) is 0 Å². The molecule has 0 aliphatic heterocycles. The fourth-order valence-corrected chi connectivity index (χ4v) is 1.39. The molecule has 1 aromatic rings. The summed E-state index contributed by atoms with van der Waals surface area (Å²) >= 11 is 0. The highest BCUT2D eigenvalue weighted by atomic mass is 16.5. The van der Waals surface area contributed by atoms with Crippen molar-refractivity contribution in [1.29, 1.82) is 0 Å². The van der Waals surface area contributed by atoms with Crippen molar-refractivity contribution in [3.8, 4) is 5.75 Å². The predicted octanol–water partition coefficient (Wildman–Crippen LogP) is 2.30. The first kappa shape index (κ1) is 13.0.